The Balaban J connectivity index is 2.07. The molecule has 108 valence electrons. The van der Waals surface area contributed by atoms with Crippen molar-refractivity contribution in [2.75, 3.05) is 5.32 Å². The number of hydrogen-bond acceptors (Lipinski definition) is 1. The molecule has 0 aliphatic carbocycles. The number of nitrogens with one attached hydrogen (secondary N) is 1. The summed E-state index contributed by atoms with van der Waals surface area (Å²) >= 11 is 0. The van der Waals surface area contributed by atoms with Crippen LogP contribution in [0.3, 0.4) is 0 Å². The fourth-order valence-corrected chi connectivity index (χ4v) is 2.48. The van der Waals surface area contributed by atoms with Crippen LogP contribution < -0.4 is 5.32 Å². The molecular formula is C18H26N2. The van der Waals surface area contributed by atoms with Gasteiger partial charge in [-0.15, -0.1) is 0 Å². The molecule has 0 amide bonds. The summed E-state index contributed by atoms with van der Waals surface area (Å²) in [6, 6.07) is 13.3. The van der Waals surface area contributed by atoms with E-state index < -0.39 is 0 Å². The molecule has 0 saturated carbocycles. The predicted molar refractivity (Wildman–Crippen MR) is 87.5 cm³/mol. The minimum atomic E-state index is 0.560. The molecule has 0 bridgehead atoms. The largest absolute Gasteiger partial charge is 0.382 e. The summed E-state index contributed by atoms with van der Waals surface area (Å²) in [7, 11) is 0. The highest BCUT2D eigenvalue weighted by atomic mass is 15.0. The quantitative estimate of drug-likeness (QED) is 0.740. The number of anilines is 1. The Hall–Kier alpha value is -1.70. The van der Waals surface area contributed by atoms with E-state index in [1.54, 1.807) is 0 Å². The summed E-state index contributed by atoms with van der Waals surface area (Å²) in [6.07, 6.45) is 7.81. The van der Waals surface area contributed by atoms with E-state index in [1.807, 2.05) is 0 Å². The summed E-state index contributed by atoms with van der Waals surface area (Å²) in [5.41, 5.74) is 2.42. The standard InChI is InChI=1S/C18H26N2/c1-4-15(3)13-16(5-2)19-17-9-8-10-18(14-17)20-11-6-7-12-20/h6-12,14-16,19H,4-5,13H2,1-3H3. The fourth-order valence-electron chi connectivity index (χ4n) is 2.48. The first-order valence-electron chi connectivity index (χ1n) is 7.72. The highest BCUT2D eigenvalue weighted by molar-refractivity contribution is 5.51. The third-order valence-corrected chi connectivity index (χ3v) is 4.00. The third-order valence-electron chi connectivity index (χ3n) is 4.00. The average Bonchev–Trinajstić information content (AvgIpc) is 3.01. The van der Waals surface area contributed by atoms with E-state index in [1.165, 1.54) is 24.2 Å². The maximum atomic E-state index is 3.68. The van der Waals surface area contributed by atoms with E-state index in [0.717, 1.165) is 12.3 Å². The van der Waals surface area contributed by atoms with Crippen LogP contribution in [-0.2, 0) is 0 Å². The Bertz CT molecular complexity index is 502. The van der Waals surface area contributed by atoms with Crippen LogP contribution in [0.1, 0.15) is 40.0 Å². The molecule has 0 radical (unpaired) electrons. The molecule has 2 unspecified atom stereocenters. The maximum absolute atomic E-state index is 3.68. The molecule has 0 fully saturated rings. The van der Waals surface area contributed by atoms with Crippen LogP contribution in [0.4, 0.5) is 5.69 Å². The lowest BCUT2D eigenvalue weighted by atomic mass is 9.97. The first kappa shape index (κ1) is 14.7. The summed E-state index contributed by atoms with van der Waals surface area (Å²) in [4.78, 5) is 0. The molecule has 1 aromatic heterocycles. The lowest BCUT2D eigenvalue weighted by molar-refractivity contribution is 0.462. The summed E-state index contributed by atoms with van der Waals surface area (Å²) in [6.45, 7) is 6.86. The lowest BCUT2D eigenvalue weighted by Crippen LogP contribution is -2.21. The normalized spacial score (nSPS) is 13.9. The van der Waals surface area contributed by atoms with Crippen LogP contribution in [0.15, 0.2) is 48.8 Å². The first-order valence-corrected chi connectivity index (χ1v) is 7.72. The van der Waals surface area contributed by atoms with Crippen molar-refractivity contribution in [3.05, 3.63) is 48.8 Å². The maximum Gasteiger partial charge on any atom is 0.0469 e. The van der Waals surface area contributed by atoms with Gasteiger partial charge in [0, 0.05) is 29.8 Å². The Morgan fingerprint density at radius 1 is 1.05 bits per heavy atom. The second-order valence-corrected chi connectivity index (χ2v) is 5.64. The molecule has 0 spiro atoms. The van der Waals surface area contributed by atoms with Gasteiger partial charge >= 0.3 is 0 Å². The Labute approximate surface area is 122 Å². The highest BCUT2D eigenvalue weighted by Crippen LogP contribution is 2.20. The Morgan fingerprint density at radius 3 is 2.45 bits per heavy atom. The van der Waals surface area contributed by atoms with Crippen LogP contribution in [0.5, 0.6) is 0 Å². The molecule has 2 nitrogen and oxygen atoms in total. The van der Waals surface area contributed by atoms with Gasteiger partial charge in [-0.25, -0.2) is 0 Å². The van der Waals surface area contributed by atoms with Crippen molar-refractivity contribution in [3.8, 4) is 5.69 Å². The molecule has 1 heterocycles. The molecule has 1 aromatic carbocycles. The average molecular weight is 270 g/mol. The van der Waals surface area contributed by atoms with Gasteiger partial charge in [-0.1, -0.05) is 33.3 Å². The number of benzene rings is 1. The van der Waals surface area contributed by atoms with E-state index in [0.29, 0.717) is 6.04 Å². The van der Waals surface area contributed by atoms with Gasteiger partial charge in [0.2, 0.25) is 0 Å². The molecule has 20 heavy (non-hydrogen) atoms. The second-order valence-electron chi connectivity index (χ2n) is 5.64. The van der Waals surface area contributed by atoms with Crippen LogP contribution in [-0.4, -0.2) is 10.6 Å². The van der Waals surface area contributed by atoms with Crippen LogP contribution >= 0.6 is 0 Å². The van der Waals surface area contributed by atoms with Crippen molar-refractivity contribution in [1.82, 2.24) is 4.57 Å². The molecule has 0 aliphatic heterocycles. The van der Waals surface area contributed by atoms with E-state index in [2.05, 4.69) is 79.4 Å². The first-order chi connectivity index (χ1) is 9.72. The third kappa shape index (κ3) is 3.89. The summed E-state index contributed by atoms with van der Waals surface area (Å²) < 4.78 is 2.14. The van der Waals surface area contributed by atoms with Crippen molar-refractivity contribution in [3.63, 3.8) is 0 Å². The molecule has 1 N–H and O–H groups in total. The van der Waals surface area contributed by atoms with Crippen molar-refractivity contribution in [2.45, 2.75) is 46.1 Å². The van der Waals surface area contributed by atoms with Gasteiger partial charge in [-0.2, -0.15) is 0 Å². The SMILES string of the molecule is CCC(C)CC(CC)Nc1cccc(-n2cccc2)c1. The van der Waals surface area contributed by atoms with Gasteiger partial charge in [0.05, 0.1) is 0 Å². The minimum Gasteiger partial charge on any atom is -0.382 e. The molecule has 2 rings (SSSR count). The zero-order valence-electron chi connectivity index (χ0n) is 12.8. The lowest BCUT2D eigenvalue weighted by Gasteiger charge is -2.22. The zero-order chi connectivity index (χ0) is 14.4. The van der Waals surface area contributed by atoms with E-state index in [9.17, 15) is 0 Å². The topological polar surface area (TPSA) is 17.0 Å². The number of rotatable bonds is 7. The summed E-state index contributed by atoms with van der Waals surface area (Å²) in [5.74, 6) is 0.778. The smallest absolute Gasteiger partial charge is 0.0469 e. The van der Waals surface area contributed by atoms with Gasteiger partial charge in [0.1, 0.15) is 0 Å². The predicted octanol–water partition coefficient (Wildman–Crippen LogP) is 5.10. The fraction of sp³-hybridized carbons (Fsp3) is 0.444. The van der Waals surface area contributed by atoms with Crippen molar-refractivity contribution >= 4 is 5.69 Å². The van der Waals surface area contributed by atoms with Crippen molar-refractivity contribution in [2.24, 2.45) is 5.92 Å². The van der Waals surface area contributed by atoms with Gasteiger partial charge in [0.25, 0.3) is 0 Å². The molecule has 2 atom stereocenters. The molecule has 2 aromatic rings. The highest BCUT2D eigenvalue weighted by Gasteiger charge is 2.10. The monoisotopic (exact) mass is 270 g/mol. The van der Waals surface area contributed by atoms with E-state index >= 15 is 0 Å². The van der Waals surface area contributed by atoms with E-state index in [-0.39, 0.29) is 0 Å². The van der Waals surface area contributed by atoms with Crippen molar-refractivity contribution < 1.29 is 0 Å². The zero-order valence-corrected chi connectivity index (χ0v) is 12.8. The summed E-state index contributed by atoms with van der Waals surface area (Å²) in [5, 5.41) is 3.68. The molecule has 0 saturated heterocycles. The van der Waals surface area contributed by atoms with Crippen LogP contribution in [0.2, 0.25) is 0 Å². The molecule has 2 heteroatoms. The van der Waals surface area contributed by atoms with Crippen LogP contribution in [0.25, 0.3) is 5.69 Å². The van der Waals surface area contributed by atoms with Gasteiger partial charge < -0.3 is 9.88 Å². The number of hydrogen-bond donors (Lipinski definition) is 1. The van der Waals surface area contributed by atoms with Crippen molar-refractivity contribution in [1.29, 1.82) is 0 Å². The van der Waals surface area contributed by atoms with Gasteiger partial charge in [-0.3, -0.25) is 0 Å². The molecular weight excluding hydrogens is 244 g/mol. The van der Waals surface area contributed by atoms with Gasteiger partial charge in [0.15, 0.2) is 0 Å². The van der Waals surface area contributed by atoms with Crippen LogP contribution in [0, 0.1) is 5.92 Å². The van der Waals surface area contributed by atoms with Gasteiger partial charge in [-0.05, 0) is 49.1 Å². The molecule has 0 aliphatic rings. The number of nitrogens with zero attached hydrogens (tertiary/aromatic N) is 1. The Kier molecular flexibility index (Phi) is 5.28. The van der Waals surface area contributed by atoms with E-state index in [4.69, 9.17) is 0 Å². The second kappa shape index (κ2) is 7.18. The Morgan fingerprint density at radius 2 is 1.80 bits per heavy atom. The number of aromatic nitrogens is 1. The minimum absolute atomic E-state index is 0.560.